The normalized spacial score (nSPS) is 18.5. The van der Waals surface area contributed by atoms with Gasteiger partial charge in [-0.25, -0.2) is 0 Å². The Morgan fingerprint density at radius 1 is 1.55 bits per heavy atom. The van der Waals surface area contributed by atoms with Gasteiger partial charge in [0.15, 0.2) is 0 Å². The molecular formula is C14H17N3O2S. The Bertz CT molecular complexity index is 619. The Kier molecular flexibility index (Phi) is 3.48. The number of rotatable bonds is 3. The van der Waals surface area contributed by atoms with Crippen molar-refractivity contribution >= 4 is 17.2 Å². The van der Waals surface area contributed by atoms with E-state index in [1.807, 2.05) is 35.8 Å². The second-order valence-electron chi connectivity index (χ2n) is 4.92. The number of likely N-dealkylation sites (tertiary alicyclic amines) is 1. The first-order valence-electron chi connectivity index (χ1n) is 6.61. The molecule has 0 N–H and O–H groups in total. The molecule has 1 amide bonds. The van der Waals surface area contributed by atoms with Gasteiger partial charge in [-0.15, -0.1) is 11.3 Å². The zero-order valence-corrected chi connectivity index (χ0v) is 12.4. The number of aryl methyl sites for hydroxylation is 1. The van der Waals surface area contributed by atoms with E-state index in [9.17, 15) is 4.79 Å². The molecule has 6 heteroatoms. The zero-order chi connectivity index (χ0) is 14.1. The van der Waals surface area contributed by atoms with Crippen LogP contribution in [0.3, 0.4) is 0 Å². The second kappa shape index (κ2) is 5.28. The SMILES string of the molecule is COc1ccsc1C(=O)N1CCCC1c1cnn(C)c1. The van der Waals surface area contributed by atoms with Gasteiger partial charge >= 0.3 is 0 Å². The maximum absolute atomic E-state index is 12.7. The van der Waals surface area contributed by atoms with Crippen LogP contribution in [-0.4, -0.2) is 34.2 Å². The van der Waals surface area contributed by atoms with Crippen molar-refractivity contribution in [3.8, 4) is 5.75 Å². The van der Waals surface area contributed by atoms with E-state index in [2.05, 4.69) is 5.10 Å². The van der Waals surface area contributed by atoms with E-state index in [1.54, 1.807) is 11.8 Å². The Balaban J connectivity index is 1.87. The Labute approximate surface area is 121 Å². The smallest absolute Gasteiger partial charge is 0.268 e. The standard InChI is InChI=1S/C14H17N3O2S/c1-16-9-10(8-15-16)11-4-3-6-17(11)14(18)13-12(19-2)5-7-20-13/h5,7-9,11H,3-4,6H2,1-2H3. The summed E-state index contributed by atoms with van der Waals surface area (Å²) < 4.78 is 7.04. The number of carbonyl (C=O) groups excluding carboxylic acids is 1. The number of aromatic nitrogens is 2. The molecule has 1 unspecified atom stereocenters. The van der Waals surface area contributed by atoms with Crippen LogP contribution < -0.4 is 4.74 Å². The highest BCUT2D eigenvalue weighted by atomic mass is 32.1. The molecule has 1 atom stereocenters. The first-order valence-corrected chi connectivity index (χ1v) is 7.49. The van der Waals surface area contributed by atoms with Gasteiger partial charge in [0.25, 0.3) is 5.91 Å². The lowest BCUT2D eigenvalue weighted by atomic mass is 10.1. The van der Waals surface area contributed by atoms with Gasteiger partial charge in [-0.05, 0) is 24.3 Å². The topological polar surface area (TPSA) is 47.4 Å². The summed E-state index contributed by atoms with van der Waals surface area (Å²) in [6, 6.07) is 1.97. The van der Waals surface area contributed by atoms with Crippen molar-refractivity contribution < 1.29 is 9.53 Å². The number of hydrogen-bond acceptors (Lipinski definition) is 4. The van der Waals surface area contributed by atoms with Crippen LogP contribution in [0.4, 0.5) is 0 Å². The summed E-state index contributed by atoms with van der Waals surface area (Å²) in [5.74, 6) is 0.722. The summed E-state index contributed by atoms with van der Waals surface area (Å²) >= 11 is 1.43. The van der Waals surface area contributed by atoms with Gasteiger partial charge in [-0.2, -0.15) is 5.10 Å². The second-order valence-corrected chi connectivity index (χ2v) is 5.84. The lowest BCUT2D eigenvalue weighted by Gasteiger charge is -2.23. The van der Waals surface area contributed by atoms with Gasteiger partial charge in [-0.3, -0.25) is 9.48 Å². The van der Waals surface area contributed by atoms with Crippen molar-refractivity contribution in [3.63, 3.8) is 0 Å². The van der Waals surface area contributed by atoms with Gasteiger partial charge in [-0.1, -0.05) is 0 Å². The molecule has 0 spiro atoms. The summed E-state index contributed by atoms with van der Waals surface area (Å²) in [6.07, 6.45) is 5.86. The van der Waals surface area contributed by atoms with Crippen molar-refractivity contribution in [2.75, 3.05) is 13.7 Å². The van der Waals surface area contributed by atoms with Crippen LogP contribution in [0, 0.1) is 0 Å². The molecule has 5 nitrogen and oxygen atoms in total. The summed E-state index contributed by atoms with van der Waals surface area (Å²) in [7, 11) is 3.49. The quantitative estimate of drug-likeness (QED) is 0.873. The fourth-order valence-electron chi connectivity index (χ4n) is 2.71. The third-order valence-electron chi connectivity index (χ3n) is 3.67. The van der Waals surface area contributed by atoms with Gasteiger partial charge in [0, 0.05) is 25.4 Å². The number of amides is 1. The number of carbonyl (C=O) groups is 1. The predicted molar refractivity (Wildman–Crippen MR) is 77.1 cm³/mol. The lowest BCUT2D eigenvalue weighted by molar-refractivity contribution is 0.0737. The predicted octanol–water partition coefficient (Wildman–Crippen LogP) is 2.47. The van der Waals surface area contributed by atoms with Crippen molar-refractivity contribution in [2.45, 2.75) is 18.9 Å². The molecule has 0 aromatic carbocycles. The number of thiophene rings is 1. The molecule has 1 aliphatic heterocycles. The number of nitrogens with zero attached hydrogens (tertiary/aromatic N) is 3. The highest BCUT2D eigenvalue weighted by Gasteiger charge is 2.33. The average Bonchev–Trinajstić information content (AvgIpc) is 3.17. The molecule has 3 rings (SSSR count). The fourth-order valence-corrected chi connectivity index (χ4v) is 3.53. The Morgan fingerprint density at radius 2 is 2.40 bits per heavy atom. The molecule has 20 heavy (non-hydrogen) atoms. The molecular weight excluding hydrogens is 274 g/mol. The van der Waals surface area contributed by atoms with Gasteiger partial charge < -0.3 is 9.64 Å². The lowest BCUT2D eigenvalue weighted by Crippen LogP contribution is -2.30. The van der Waals surface area contributed by atoms with Crippen molar-refractivity contribution in [3.05, 3.63) is 34.3 Å². The first-order chi connectivity index (χ1) is 9.70. The number of methoxy groups -OCH3 is 1. The van der Waals surface area contributed by atoms with E-state index in [-0.39, 0.29) is 11.9 Å². The molecule has 1 aliphatic rings. The third-order valence-corrected chi connectivity index (χ3v) is 4.55. The molecule has 0 aliphatic carbocycles. The molecule has 1 saturated heterocycles. The van der Waals surface area contributed by atoms with Crippen LogP contribution in [0.5, 0.6) is 5.75 Å². The van der Waals surface area contributed by atoms with Crippen LogP contribution in [-0.2, 0) is 7.05 Å². The number of ether oxygens (including phenoxy) is 1. The highest BCUT2D eigenvalue weighted by molar-refractivity contribution is 7.12. The Hall–Kier alpha value is -1.82. The molecule has 3 heterocycles. The minimum absolute atomic E-state index is 0.0585. The van der Waals surface area contributed by atoms with Gasteiger partial charge in [0.2, 0.25) is 0 Å². The Morgan fingerprint density at radius 3 is 3.10 bits per heavy atom. The summed E-state index contributed by atoms with van der Waals surface area (Å²) in [5, 5.41) is 6.10. The monoisotopic (exact) mass is 291 g/mol. The van der Waals surface area contributed by atoms with Crippen LogP contribution in [0.1, 0.15) is 34.1 Å². The molecule has 2 aromatic heterocycles. The minimum Gasteiger partial charge on any atom is -0.495 e. The largest absolute Gasteiger partial charge is 0.495 e. The highest BCUT2D eigenvalue weighted by Crippen LogP contribution is 2.35. The number of hydrogen-bond donors (Lipinski definition) is 0. The van der Waals surface area contributed by atoms with Crippen molar-refractivity contribution in [1.29, 1.82) is 0 Å². The fraction of sp³-hybridized carbons (Fsp3) is 0.429. The minimum atomic E-state index is 0.0585. The van der Waals surface area contributed by atoms with Gasteiger partial charge in [0.05, 0.1) is 19.3 Å². The maximum atomic E-state index is 12.7. The molecule has 0 bridgehead atoms. The van der Waals surface area contributed by atoms with E-state index >= 15 is 0 Å². The molecule has 0 radical (unpaired) electrons. The third kappa shape index (κ3) is 2.20. The zero-order valence-electron chi connectivity index (χ0n) is 11.6. The van der Waals surface area contributed by atoms with Crippen LogP contribution in [0.25, 0.3) is 0 Å². The summed E-state index contributed by atoms with van der Waals surface area (Å²) in [4.78, 5) is 15.3. The first kappa shape index (κ1) is 13.2. The van der Waals surface area contributed by atoms with Crippen LogP contribution in [0.2, 0.25) is 0 Å². The summed E-state index contributed by atoms with van der Waals surface area (Å²) in [6.45, 7) is 0.791. The van der Waals surface area contributed by atoms with Crippen LogP contribution >= 0.6 is 11.3 Å². The van der Waals surface area contributed by atoms with E-state index < -0.39 is 0 Å². The van der Waals surface area contributed by atoms with E-state index in [1.165, 1.54) is 11.3 Å². The van der Waals surface area contributed by atoms with Crippen LogP contribution in [0.15, 0.2) is 23.8 Å². The summed E-state index contributed by atoms with van der Waals surface area (Å²) in [5.41, 5.74) is 1.11. The maximum Gasteiger partial charge on any atom is 0.268 e. The van der Waals surface area contributed by atoms with E-state index in [0.717, 1.165) is 24.9 Å². The van der Waals surface area contributed by atoms with Crippen molar-refractivity contribution in [2.24, 2.45) is 7.05 Å². The average molecular weight is 291 g/mol. The van der Waals surface area contributed by atoms with Gasteiger partial charge in [0.1, 0.15) is 10.6 Å². The van der Waals surface area contributed by atoms with Crippen molar-refractivity contribution in [1.82, 2.24) is 14.7 Å². The van der Waals surface area contributed by atoms with E-state index in [0.29, 0.717) is 10.6 Å². The molecule has 1 fully saturated rings. The molecule has 2 aromatic rings. The molecule has 106 valence electrons. The molecule has 0 saturated carbocycles. The van der Waals surface area contributed by atoms with E-state index in [4.69, 9.17) is 4.74 Å².